The molecule has 0 radical (unpaired) electrons. The van der Waals surface area contributed by atoms with Crippen molar-refractivity contribution >= 4 is 15.9 Å². The molecule has 1 unspecified atom stereocenters. The second-order valence-electron chi connectivity index (χ2n) is 5.33. The zero-order valence-electron chi connectivity index (χ0n) is 12.4. The van der Waals surface area contributed by atoms with Crippen molar-refractivity contribution in [3.05, 3.63) is 69.2 Å². The number of rotatable bonds is 5. The molecule has 0 aliphatic rings. The third-order valence-corrected chi connectivity index (χ3v) is 4.11. The van der Waals surface area contributed by atoms with Crippen molar-refractivity contribution in [1.82, 2.24) is 5.32 Å². The Labute approximate surface area is 130 Å². The lowest BCUT2D eigenvalue weighted by Crippen LogP contribution is -2.23. The number of hydrogen-bond acceptors (Lipinski definition) is 1. The fourth-order valence-corrected chi connectivity index (χ4v) is 3.10. The fraction of sp³-hybridized carbons (Fsp3) is 0.333. The fourth-order valence-electron chi connectivity index (χ4n) is 2.58. The summed E-state index contributed by atoms with van der Waals surface area (Å²) in [7, 11) is 0. The van der Waals surface area contributed by atoms with E-state index in [9.17, 15) is 0 Å². The van der Waals surface area contributed by atoms with E-state index in [2.05, 4.69) is 84.5 Å². The van der Waals surface area contributed by atoms with Crippen molar-refractivity contribution < 1.29 is 0 Å². The third-order valence-electron chi connectivity index (χ3n) is 3.39. The second kappa shape index (κ2) is 7.05. The first-order valence-corrected chi connectivity index (χ1v) is 7.97. The summed E-state index contributed by atoms with van der Waals surface area (Å²) in [6.45, 7) is 7.53. The van der Waals surface area contributed by atoms with Gasteiger partial charge >= 0.3 is 0 Å². The smallest absolute Gasteiger partial charge is 0.0588 e. The maximum Gasteiger partial charge on any atom is 0.0588 e. The van der Waals surface area contributed by atoms with Crippen LogP contribution in [-0.4, -0.2) is 6.54 Å². The van der Waals surface area contributed by atoms with Gasteiger partial charge in [0.25, 0.3) is 0 Å². The van der Waals surface area contributed by atoms with Crippen molar-refractivity contribution in [2.75, 3.05) is 6.54 Å². The van der Waals surface area contributed by atoms with Gasteiger partial charge in [0, 0.05) is 4.47 Å². The first kappa shape index (κ1) is 15.3. The second-order valence-corrected chi connectivity index (χ2v) is 6.18. The molecule has 0 amide bonds. The van der Waals surface area contributed by atoms with E-state index < -0.39 is 0 Å². The summed E-state index contributed by atoms with van der Waals surface area (Å²) in [5.41, 5.74) is 5.26. The lowest BCUT2D eigenvalue weighted by Gasteiger charge is -2.22. The van der Waals surface area contributed by atoms with Crippen LogP contribution in [0.3, 0.4) is 0 Å². The van der Waals surface area contributed by atoms with Crippen LogP contribution >= 0.6 is 15.9 Å². The van der Waals surface area contributed by atoms with E-state index in [-0.39, 0.29) is 6.04 Å². The van der Waals surface area contributed by atoms with E-state index in [0.717, 1.165) is 17.4 Å². The maximum absolute atomic E-state index is 3.68. The summed E-state index contributed by atoms with van der Waals surface area (Å²) in [6.07, 6.45) is 1.13. The quantitative estimate of drug-likeness (QED) is 0.798. The molecule has 2 aromatic rings. The number of hydrogen-bond donors (Lipinski definition) is 1. The van der Waals surface area contributed by atoms with E-state index in [0.29, 0.717) is 0 Å². The van der Waals surface area contributed by atoms with Crippen molar-refractivity contribution in [2.45, 2.75) is 33.2 Å². The standard InChI is InChI=1S/C18H22BrN/c1-4-9-20-18(16-7-5-6-8-17(16)19)15-11-13(2)10-14(3)12-15/h5-8,10-12,18,20H,4,9H2,1-3H3. The van der Waals surface area contributed by atoms with E-state index in [1.807, 2.05) is 0 Å². The van der Waals surface area contributed by atoms with Gasteiger partial charge in [0.1, 0.15) is 0 Å². The molecular formula is C18H22BrN. The first-order valence-electron chi connectivity index (χ1n) is 7.18. The lowest BCUT2D eigenvalue weighted by atomic mass is 9.95. The Morgan fingerprint density at radius 3 is 2.30 bits per heavy atom. The van der Waals surface area contributed by atoms with Crippen LogP contribution in [0.15, 0.2) is 46.9 Å². The van der Waals surface area contributed by atoms with Gasteiger partial charge in [-0.1, -0.05) is 70.4 Å². The molecule has 0 aliphatic heterocycles. The van der Waals surface area contributed by atoms with Crippen LogP contribution in [0.5, 0.6) is 0 Å². The molecule has 0 aromatic heterocycles. The van der Waals surface area contributed by atoms with Crippen LogP contribution in [0.25, 0.3) is 0 Å². The molecular weight excluding hydrogens is 310 g/mol. The lowest BCUT2D eigenvalue weighted by molar-refractivity contribution is 0.596. The molecule has 20 heavy (non-hydrogen) atoms. The van der Waals surface area contributed by atoms with Gasteiger partial charge in [-0.15, -0.1) is 0 Å². The van der Waals surface area contributed by atoms with Crippen LogP contribution < -0.4 is 5.32 Å². The molecule has 2 aromatic carbocycles. The number of halogens is 1. The maximum atomic E-state index is 3.68. The monoisotopic (exact) mass is 331 g/mol. The average molecular weight is 332 g/mol. The van der Waals surface area contributed by atoms with Gasteiger partial charge in [0.15, 0.2) is 0 Å². The molecule has 2 rings (SSSR count). The summed E-state index contributed by atoms with van der Waals surface area (Å²) >= 11 is 3.68. The van der Waals surface area contributed by atoms with Crippen molar-refractivity contribution in [3.63, 3.8) is 0 Å². The Bertz CT molecular complexity index is 557. The van der Waals surface area contributed by atoms with Gasteiger partial charge in [-0.25, -0.2) is 0 Å². The molecule has 0 heterocycles. The van der Waals surface area contributed by atoms with Crippen LogP contribution in [0.2, 0.25) is 0 Å². The number of nitrogens with one attached hydrogen (secondary N) is 1. The molecule has 0 saturated carbocycles. The van der Waals surface area contributed by atoms with Gasteiger partial charge in [0.2, 0.25) is 0 Å². The van der Waals surface area contributed by atoms with Crippen LogP contribution in [0.4, 0.5) is 0 Å². The molecule has 1 N–H and O–H groups in total. The minimum Gasteiger partial charge on any atom is -0.306 e. The Kier molecular flexibility index (Phi) is 5.38. The molecule has 106 valence electrons. The Morgan fingerprint density at radius 2 is 1.70 bits per heavy atom. The van der Waals surface area contributed by atoms with Gasteiger partial charge in [-0.05, 0) is 44.0 Å². The molecule has 1 atom stereocenters. The highest BCUT2D eigenvalue weighted by molar-refractivity contribution is 9.10. The molecule has 0 bridgehead atoms. The summed E-state index contributed by atoms with van der Waals surface area (Å²) in [6, 6.07) is 15.5. The number of aryl methyl sites for hydroxylation is 2. The average Bonchev–Trinajstić information content (AvgIpc) is 2.40. The molecule has 2 heteroatoms. The predicted octanol–water partition coefficient (Wildman–Crippen LogP) is 5.15. The van der Waals surface area contributed by atoms with Gasteiger partial charge in [-0.2, -0.15) is 0 Å². The highest BCUT2D eigenvalue weighted by Crippen LogP contribution is 2.29. The zero-order chi connectivity index (χ0) is 14.5. The Balaban J connectivity index is 2.44. The summed E-state index contributed by atoms with van der Waals surface area (Å²) in [5, 5.41) is 3.67. The summed E-state index contributed by atoms with van der Waals surface area (Å²) in [4.78, 5) is 0. The van der Waals surface area contributed by atoms with Crippen LogP contribution in [0, 0.1) is 13.8 Å². The van der Waals surface area contributed by atoms with Gasteiger partial charge in [0.05, 0.1) is 6.04 Å². The molecule has 1 nitrogen and oxygen atoms in total. The number of benzene rings is 2. The third kappa shape index (κ3) is 3.71. The van der Waals surface area contributed by atoms with Crippen LogP contribution in [0.1, 0.15) is 41.6 Å². The van der Waals surface area contributed by atoms with Gasteiger partial charge < -0.3 is 5.32 Å². The van der Waals surface area contributed by atoms with E-state index in [1.54, 1.807) is 0 Å². The van der Waals surface area contributed by atoms with Crippen molar-refractivity contribution in [1.29, 1.82) is 0 Å². The van der Waals surface area contributed by atoms with E-state index in [4.69, 9.17) is 0 Å². The largest absolute Gasteiger partial charge is 0.306 e. The minimum atomic E-state index is 0.240. The molecule has 0 aliphatic carbocycles. The van der Waals surface area contributed by atoms with Crippen molar-refractivity contribution in [2.24, 2.45) is 0 Å². The zero-order valence-corrected chi connectivity index (χ0v) is 14.0. The Hall–Kier alpha value is -1.12. The highest BCUT2D eigenvalue weighted by atomic mass is 79.9. The predicted molar refractivity (Wildman–Crippen MR) is 90.2 cm³/mol. The van der Waals surface area contributed by atoms with Gasteiger partial charge in [-0.3, -0.25) is 0 Å². The van der Waals surface area contributed by atoms with E-state index in [1.165, 1.54) is 22.3 Å². The minimum absolute atomic E-state index is 0.240. The topological polar surface area (TPSA) is 12.0 Å². The SMILES string of the molecule is CCCNC(c1cc(C)cc(C)c1)c1ccccc1Br. The Morgan fingerprint density at radius 1 is 1.05 bits per heavy atom. The van der Waals surface area contributed by atoms with Crippen LogP contribution in [-0.2, 0) is 0 Å². The molecule has 0 saturated heterocycles. The highest BCUT2D eigenvalue weighted by Gasteiger charge is 2.16. The van der Waals surface area contributed by atoms with E-state index >= 15 is 0 Å². The molecule has 0 fully saturated rings. The molecule has 0 spiro atoms. The first-order chi connectivity index (χ1) is 9.61. The summed E-state index contributed by atoms with van der Waals surface area (Å²) in [5.74, 6) is 0. The summed E-state index contributed by atoms with van der Waals surface area (Å²) < 4.78 is 1.16. The normalized spacial score (nSPS) is 12.4. The van der Waals surface area contributed by atoms with Crippen molar-refractivity contribution in [3.8, 4) is 0 Å².